The van der Waals surface area contributed by atoms with Crippen molar-refractivity contribution in [2.45, 2.75) is 65.0 Å². The maximum absolute atomic E-state index is 6.15. The summed E-state index contributed by atoms with van der Waals surface area (Å²) in [5, 5.41) is 0. The maximum atomic E-state index is 6.15. The van der Waals surface area contributed by atoms with Crippen molar-refractivity contribution in [3.8, 4) is 0 Å². The number of pyridine rings is 1. The Labute approximate surface area is 129 Å². The van der Waals surface area contributed by atoms with Crippen molar-refractivity contribution in [3.05, 3.63) is 29.6 Å². The highest BCUT2D eigenvalue weighted by Gasteiger charge is 2.26. The molecule has 0 aliphatic heterocycles. The molecule has 0 radical (unpaired) electrons. The van der Waals surface area contributed by atoms with Gasteiger partial charge in [0.1, 0.15) is 0 Å². The first-order valence-electron chi connectivity index (χ1n) is 8.61. The highest BCUT2D eigenvalue weighted by molar-refractivity contribution is 5.10. The molecule has 2 N–H and O–H groups in total. The van der Waals surface area contributed by atoms with Crippen LogP contribution in [-0.2, 0) is 6.54 Å². The molecule has 1 aromatic heterocycles. The van der Waals surface area contributed by atoms with Crippen LogP contribution in [0.5, 0.6) is 0 Å². The Kier molecular flexibility index (Phi) is 6.65. The summed E-state index contributed by atoms with van der Waals surface area (Å²) in [6.45, 7) is 7.05. The third kappa shape index (κ3) is 4.79. The molecule has 1 heterocycles. The van der Waals surface area contributed by atoms with E-state index in [0.29, 0.717) is 6.04 Å². The molecule has 1 unspecified atom stereocenters. The van der Waals surface area contributed by atoms with Gasteiger partial charge in [-0.3, -0.25) is 9.88 Å². The summed E-state index contributed by atoms with van der Waals surface area (Å²) in [5.41, 5.74) is 8.42. The standard InChI is InChI=1S/C18H31N3/c1-3-21(14-17-12-8-9-15(2)20-17)18(13-19)16-10-6-4-5-7-11-16/h8-9,12,16,18H,3-7,10-11,13-14,19H2,1-2H3. The molecule has 2 rings (SSSR count). The van der Waals surface area contributed by atoms with Crippen molar-refractivity contribution >= 4 is 0 Å². The van der Waals surface area contributed by atoms with Crippen LogP contribution in [0.25, 0.3) is 0 Å². The van der Waals surface area contributed by atoms with Crippen molar-refractivity contribution in [2.24, 2.45) is 11.7 Å². The van der Waals surface area contributed by atoms with Gasteiger partial charge in [-0.25, -0.2) is 0 Å². The lowest BCUT2D eigenvalue weighted by molar-refractivity contribution is 0.133. The van der Waals surface area contributed by atoms with E-state index in [2.05, 4.69) is 41.9 Å². The second kappa shape index (κ2) is 8.50. The van der Waals surface area contributed by atoms with Gasteiger partial charge in [-0.15, -0.1) is 0 Å². The van der Waals surface area contributed by atoms with Gasteiger partial charge in [-0.1, -0.05) is 38.7 Å². The van der Waals surface area contributed by atoms with Gasteiger partial charge in [-0.2, -0.15) is 0 Å². The molecule has 1 saturated carbocycles. The average molecular weight is 289 g/mol. The van der Waals surface area contributed by atoms with Crippen LogP contribution in [0.15, 0.2) is 18.2 Å². The fourth-order valence-electron chi connectivity index (χ4n) is 3.69. The van der Waals surface area contributed by atoms with E-state index in [-0.39, 0.29) is 0 Å². The molecule has 0 spiro atoms. The van der Waals surface area contributed by atoms with E-state index in [1.165, 1.54) is 44.2 Å². The molecule has 0 bridgehead atoms. The fourth-order valence-corrected chi connectivity index (χ4v) is 3.69. The molecular formula is C18H31N3. The van der Waals surface area contributed by atoms with Gasteiger partial charge in [0.25, 0.3) is 0 Å². The summed E-state index contributed by atoms with van der Waals surface area (Å²) < 4.78 is 0. The van der Waals surface area contributed by atoms with Crippen molar-refractivity contribution < 1.29 is 0 Å². The Hall–Kier alpha value is -0.930. The fraction of sp³-hybridized carbons (Fsp3) is 0.722. The topological polar surface area (TPSA) is 42.2 Å². The first-order valence-corrected chi connectivity index (χ1v) is 8.61. The van der Waals surface area contributed by atoms with Crippen LogP contribution in [0.1, 0.15) is 56.8 Å². The van der Waals surface area contributed by atoms with Crippen LogP contribution < -0.4 is 5.73 Å². The Balaban J connectivity index is 2.05. The summed E-state index contributed by atoms with van der Waals surface area (Å²) in [6, 6.07) is 6.81. The number of aromatic nitrogens is 1. The SMILES string of the molecule is CCN(Cc1cccc(C)n1)C(CN)C1CCCCCC1. The molecule has 1 aliphatic rings. The normalized spacial score (nSPS) is 18.7. The number of hydrogen-bond acceptors (Lipinski definition) is 3. The monoisotopic (exact) mass is 289 g/mol. The molecule has 3 nitrogen and oxygen atoms in total. The second-order valence-electron chi connectivity index (χ2n) is 6.39. The van der Waals surface area contributed by atoms with Gasteiger partial charge in [0, 0.05) is 24.8 Å². The Morgan fingerprint density at radius 2 is 1.95 bits per heavy atom. The molecule has 0 amide bonds. The Morgan fingerprint density at radius 1 is 1.24 bits per heavy atom. The predicted molar refractivity (Wildman–Crippen MR) is 89.1 cm³/mol. The Bertz CT molecular complexity index is 411. The largest absolute Gasteiger partial charge is 0.329 e. The third-order valence-electron chi connectivity index (χ3n) is 4.87. The van der Waals surface area contributed by atoms with Gasteiger partial charge in [0.15, 0.2) is 0 Å². The first-order chi connectivity index (χ1) is 10.2. The molecule has 0 saturated heterocycles. The van der Waals surface area contributed by atoms with Gasteiger partial charge >= 0.3 is 0 Å². The van der Waals surface area contributed by atoms with Crippen LogP contribution in [0.4, 0.5) is 0 Å². The lowest BCUT2D eigenvalue weighted by Crippen LogP contribution is -2.45. The van der Waals surface area contributed by atoms with Gasteiger partial charge in [-0.05, 0) is 44.4 Å². The minimum atomic E-state index is 0.510. The molecule has 118 valence electrons. The minimum Gasteiger partial charge on any atom is -0.329 e. The average Bonchev–Trinajstić information content (AvgIpc) is 2.76. The summed E-state index contributed by atoms with van der Waals surface area (Å²) in [4.78, 5) is 7.20. The van der Waals surface area contributed by atoms with Crippen LogP contribution in [0.2, 0.25) is 0 Å². The van der Waals surface area contributed by atoms with Crippen molar-refractivity contribution in [1.82, 2.24) is 9.88 Å². The zero-order valence-corrected chi connectivity index (χ0v) is 13.7. The van der Waals surface area contributed by atoms with Crippen molar-refractivity contribution in [3.63, 3.8) is 0 Å². The molecule has 1 aromatic rings. The highest BCUT2D eigenvalue weighted by Crippen LogP contribution is 2.28. The zero-order chi connectivity index (χ0) is 15.1. The Morgan fingerprint density at radius 3 is 2.52 bits per heavy atom. The molecule has 3 heteroatoms. The summed E-state index contributed by atoms with van der Waals surface area (Å²) in [5.74, 6) is 0.766. The van der Waals surface area contributed by atoms with Crippen LogP contribution >= 0.6 is 0 Å². The lowest BCUT2D eigenvalue weighted by Gasteiger charge is -2.35. The van der Waals surface area contributed by atoms with Gasteiger partial charge < -0.3 is 5.73 Å². The smallest absolute Gasteiger partial charge is 0.0547 e. The number of likely N-dealkylation sites (N-methyl/N-ethyl adjacent to an activating group) is 1. The summed E-state index contributed by atoms with van der Waals surface area (Å²) >= 11 is 0. The van der Waals surface area contributed by atoms with E-state index in [1.54, 1.807) is 0 Å². The summed E-state index contributed by atoms with van der Waals surface area (Å²) in [7, 11) is 0. The number of aryl methyl sites for hydroxylation is 1. The van der Waals surface area contributed by atoms with E-state index in [1.807, 2.05) is 0 Å². The van der Waals surface area contributed by atoms with E-state index in [9.17, 15) is 0 Å². The molecular weight excluding hydrogens is 258 g/mol. The van der Waals surface area contributed by atoms with Crippen molar-refractivity contribution in [2.75, 3.05) is 13.1 Å². The van der Waals surface area contributed by atoms with E-state index in [0.717, 1.165) is 31.2 Å². The zero-order valence-electron chi connectivity index (χ0n) is 13.7. The summed E-state index contributed by atoms with van der Waals surface area (Å²) in [6.07, 6.45) is 8.25. The molecule has 21 heavy (non-hydrogen) atoms. The number of nitrogens with zero attached hydrogens (tertiary/aromatic N) is 2. The molecule has 1 fully saturated rings. The molecule has 0 aromatic carbocycles. The van der Waals surface area contributed by atoms with Crippen molar-refractivity contribution in [1.29, 1.82) is 0 Å². The molecule has 1 atom stereocenters. The molecule has 1 aliphatic carbocycles. The van der Waals surface area contributed by atoms with Gasteiger partial charge in [0.2, 0.25) is 0 Å². The second-order valence-corrected chi connectivity index (χ2v) is 6.39. The van der Waals surface area contributed by atoms with Crippen LogP contribution in [0.3, 0.4) is 0 Å². The lowest BCUT2D eigenvalue weighted by atomic mass is 9.90. The van der Waals surface area contributed by atoms with E-state index < -0.39 is 0 Å². The van der Waals surface area contributed by atoms with E-state index >= 15 is 0 Å². The quantitative estimate of drug-likeness (QED) is 0.815. The minimum absolute atomic E-state index is 0.510. The van der Waals surface area contributed by atoms with Crippen LogP contribution in [0, 0.1) is 12.8 Å². The van der Waals surface area contributed by atoms with Crippen LogP contribution in [-0.4, -0.2) is 29.0 Å². The highest BCUT2D eigenvalue weighted by atomic mass is 15.2. The number of hydrogen-bond donors (Lipinski definition) is 1. The van der Waals surface area contributed by atoms with E-state index in [4.69, 9.17) is 5.73 Å². The number of nitrogens with two attached hydrogens (primary N) is 1. The van der Waals surface area contributed by atoms with Gasteiger partial charge in [0.05, 0.1) is 5.69 Å². The first kappa shape index (κ1) is 16.4. The third-order valence-corrected chi connectivity index (χ3v) is 4.87. The number of rotatable bonds is 6. The maximum Gasteiger partial charge on any atom is 0.0547 e. The predicted octanol–water partition coefficient (Wildman–Crippen LogP) is 3.51.